The van der Waals surface area contributed by atoms with Crippen LogP contribution in [0.4, 0.5) is 5.69 Å². The molecule has 3 rings (SSSR count). The fourth-order valence-corrected chi connectivity index (χ4v) is 2.29. The van der Waals surface area contributed by atoms with E-state index in [0.29, 0.717) is 17.9 Å². The first kappa shape index (κ1) is 16.6. The normalized spacial score (nSPS) is 10.3. The maximum absolute atomic E-state index is 12.1. The van der Waals surface area contributed by atoms with Crippen LogP contribution in [0.2, 0.25) is 0 Å². The van der Waals surface area contributed by atoms with Gasteiger partial charge in [-0.25, -0.2) is 0 Å². The summed E-state index contributed by atoms with van der Waals surface area (Å²) in [6.07, 6.45) is 0. The monoisotopic (exact) mass is 337 g/mol. The maximum atomic E-state index is 12.1. The number of aromatic nitrogens is 1. The fraction of sp³-hybridized carbons (Fsp3) is 0.158. The van der Waals surface area contributed by atoms with E-state index in [0.717, 1.165) is 22.7 Å². The smallest absolute Gasteiger partial charge is 0.269 e. The van der Waals surface area contributed by atoms with Crippen molar-refractivity contribution in [3.8, 4) is 5.75 Å². The highest BCUT2D eigenvalue weighted by Crippen LogP contribution is 2.18. The Bertz CT molecular complexity index is 823. The first-order chi connectivity index (χ1) is 12.1. The molecular weight excluding hydrogens is 318 g/mol. The molecule has 1 aromatic heterocycles. The van der Waals surface area contributed by atoms with E-state index in [2.05, 4.69) is 16.0 Å². The number of para-hydroxylation sites is 1. The molecule has 0 fully saturated rings. The summed E-state index contributed by atoms with van der Waals surface area (Å²) in [5, 5.41) is 3.90. The molecule has 0 aliphatic heterocycles. The van der Waals surface area contributed by atoms with Crippen molar-refractivity contribution in [1.82, 2.24) is 10.6 Å². The Morgan fingerprint density at radius 3 is 2.44 bits per heavy atom. The molecule has 0 bridgehead atoms. The van der Waals surface area contributed by atoms with Crippen LogP contribution in [-0.4, -0.2) is 11.1 Å². The van der Waals surface area contributed by atoms with Crippen molar-refractivity contribution in [2.75, 3.05) is 5.43 Å². The molecule has 0 unspecified atom stereocenters. The van der Waals surface area contributed by atoms with Crippen LogP contribution in [0.5, 0.6) is 5.75 Å². The van der Waals surface area contributed by atoms with Crippen LogP contribution in [0, 0.1) is 13.8 Å². The van der Waals surface area contributed by atoms with Crippen LogP contribution in [0.3, 0.4) is 0 Å². The summed E-state index contributed by atoms with van der Waals surface area (Å²) in [5.74, 6) is 1.20. The molecule has 0 radical (unpaired) electrons. The highest BCUT2D eigenvalue weighted by atomic mass is 16.5. The van der Waals surface area contributed by atoms with Gasteiger partial charge in [-0.15, -0.1) is 0 Å². The number of rotatable bonds is 6. The van der Waals surface area contributed by atoms with E-state index in [1.54, 1.807) is 24.3 Å². The third-order valence-corrected chi connectivity index (χ3v) is 3.78. The highest BCUT2D eigenvalue weighted by molar-refractivity contribution is 5.94. The second kappa shape index (κ2) is 7.53. The number of hydrogen-bond acceptors (Lipinski definition) is 5. The van der Waals surface area contributed by atoms with Crippen molar-refractivity contribution < 1.29 is 14.1 Å². The molecule has 6 nitrogen and oxygen atoms in total. The van der Waals surface area contributed by atoms with Crippen LogP contribution < -0.4 is 15.6 Å². The standard InChI is InChI=1S/C19H19N3O3/c1-13-18(14(2)25-22-13)12-24-17-10-8-15(9-11-17)19(23)21-20-16-6-4-3-5-7-16/h3-11,20H,12H2,1-2H3,(H,21,23). The molecule has 3 aromatic rings. The van der Waals surface area contributed by atoms with Crippen LogP contribution in [0.25, 0.3) is 0 Å². The zero-order chi connectivity index (χ0) is 17.6. The van der Waals surface area contributed by atoms with Gasteiger partial charge in [-0.3, -0.25) is 15.6 Å². The molecule has 1 amide bonds. The second-order valence-corrected chi connectivity index (χ2v) is 5.56. The number of aryl methyl sites for hydroxylation is 2. The molecule has 0 saturated heterocycles. The molecule has 2 aromatic carbocycles. The van der Waals surface area contributed by atoms with E-state index in [1.807, 2.05) is 44.2 Å². The number of carbonyl (C=O) groups excluding carboxylic acids is 1. The molecule has 0 spiro atoms. The van der Waals surface area contributed by atoms with Crippen molar-refractivity contribution in [1.29, 1.82) is 0 Å². The van der Waals surface area contributed by atoms with Crippen LogP contribution in [-0.2, 0) is 6.61 Å². The average Bonchev–Trinajstić information content (AvgIpc) is 2.97. The minimum atomic E-state index is -0.221. The number of nitrogens with zero attached hydrogens (tertiary/aromatic N) is 1. The summed E-state index contributed by atoms with van der Waals surface area (Å²) in [6, 6.07) is 16.4. The van der Waals surface area contributed by atoms with Crippen molar-refractivity contribution in [2.45, 2.75) is 20.5 Å². The summed E-state index contributed by atoms with van der Waals surface area (Å²) in [6.45, 7) is 4.11. The van der Waals surface area contributed by atoms with E-state index in [-0.39, 0.29) is 5.91 Å². The van der Waals surface area contributed by atoms with Gasteiger partial charge in [0.2, 0.25) is 0 Å². The number of benzene rings is 2. The summed E-state index contributed by atoms with van der Waals surface area (Å²) < 4.78 is 10.8. The lowest BCUT2D eigenvalue weighted by Gasteiger charge is -2.09. The molecule has 2 N–H and O–H groups in total. The van der Waals surface area contributed by atoms with Crippen LogP contribution >= 0.6 is 0 Å². The number of hydrogen-bond donors (Lipinski definition) is 2. The van der Waals surface area contributed by atoms with Gasteiger partial charge in [0.15, 0.2) is 0 Å². The number of amides is 1. The summed E-state index contributed by atoms with van der Waals surface area (Å²) in [5.41, 5.74) is 8.63. The number of carbonyl (C=O) groups is 1. The van der Waals surface area contributed by atoms with Gasteiger partial charge in [-0.2, -0.15) is 0 Å². The fourth-order valence-electron chi connectivity index (χ4n) is 2.29. The Morgan fingerprint density at radius 1 is 1.08 bits per heavy atom. The van der Waals surface area contributed by atoms with E-state index in [1.165, 1.54) is 0 Å². The number of hydrazine groups is 1. The minimum absolute atomic E-state index is 0.221. The van der Waals surface area contributed by atoms with E-state index >= 15 is 0 Å². The van der Waals surface area contributed by atoms with Gasteiger partial charge in [-0.1, -0.05) is 23.4 Å². The number of anilines is 1. The van der Waals surface area contributed by atoms with E-state index in [9.17, 15) is 4.79 Å². The van der Waals surface area contributed by atoms with Gasteiger partial charge in [0.1, 0.15) is 18.1 Å². The zero-order valence-corrected chi connectivity index (χ0v) is 14.1. The quantitative estimate of drug-likeness (QED) is 0.672. The third-order valence-electron chi connectivity index (χ3n) is 3.78. The lowest BCUT2D eigenvalue weighted by atomic mass is 10.2. The molecule has 0 saturated carbocycles. The lowest BCUT2D eigenvalue weighted by molar-refractivity contribution is 0.0962. The zero-order valence-electron chi connectivity index (χ0n) is 14.1. The van der Waals surface area contributed by atoms with Crippen molar-refractivity contribution >= 4 is 11.6 Å². The van der Waals surface area contributed by atoms with Crippen molar-refractivity contribution in [3.05, 3.63) is 77.2 Å². The largest absolute Gasteiger partial charge is 0.489 e. The Morgan fingerprint density at radius 2 is 1.80 bits per heavy atom. The second-order valence-electron chi connectivity index (χ2n) is 5.56. The van der Waals surface area contributed by atoms with Gasteiger partial charge in [0.05, 0.1) is 16.9 Å². The summed E-state index contributed by atoms with van der Waals surface area (Å²) >= 11 is 0. The summed E-state index contributed by atoms with van der Waals surface area (Å²) in [7, 11) is 0. The first-order valence-corrected chi connectivity index (χ1v) is 7.89. The molecule has 0 atom stereocenters. The molecule has 0 aliphatic rings. The average molecular weight is 337 g/mol. The highest BCUT2D eigenvalue weighted by Gasteiger charge is 2.10. The van der Waals surface area contributed by atoms with Gasteiger partial charge in [0.25, 0.3) is 5.91 Å². The molecule has 6 heteroatoms. The van der Waals surface area contributed by atoms with Gasteiger partial charge in [-0.05, 0) is 50.2 Å². The summed E-state index contributed by atoms with van der Waals surface area (Å²) in [4.78, 5) is 12.1. The van der Waals surface area contributed by atoms with Gasteiger partial charge >= 0.3 is 0 Å². The Hall–Kier alpha value is -3.28. The minimum Gasteiger partial charge on any atom is -0.489 e. The predicted molar refractivity (Wildman–Crippen MR) is 94.3 cm³/mol. The SMILES string of the molecule is Cc1noc(C)c1COc1ccc(C(=O)NNc2ccccc2)cc1. The van der Waals surface area contributed by atoms with Crippen LogP contribution in [0.1, 0.15) is 27.4 Å². The van der Waals surface area contributed by atoms with Gasteiger partial charge < -0.3 is 9.26 Å². The maximum Gasteiger partial charge on any atom is 0.269 e. The van der Waals surface area contributed by atoms with Crippen LogP contribution in [0.15, 0.2) is 59.1 Å². The Kier molecular flexibility index (Phi) is 4.99. The Balaban J connectivity index is 1.55. The number of ether oxygens (including phenoxy) is 1. The van der Waals surface area contributed by atoms with Crippen molar-refractivity contribution in [2.24, 2.45) is 0 Å². The predicted octanol–water partition coefficient (Wildman–Crippen LogP) is 3.63. The van der Waals surface area contributed by atoms with E-state index < -0.39 is 0 Å². The topological polar surface area (TPSA) is 76.4 Å². The van der Waals surface area contributed by atoms with E-state index in [4.69, 9.17) is 9.26 Å². The first-order valence-electron chi connectivity index (χ1n) is 7.89. The Labute approximate surface area is 145 Å². The van der Waals surface area contributed by atoms with Gasteiger partial charge in [0, 0.05) is 5.56 Å². The molecule has 128 valence electrons. The lowest BCUT2D eigenvalue weighted by Crippen LogP contribution is -2.29. The molecule has 1 heterocycles. The molecule has 25 heavy (non-hydrogen) atoms. The van der Waals surface area contributed by atoms with Crippen molar-refractivity contribution in [3.63, 3.8) is 0 Å². The molecule has 0 aliphatic carbocycles. The third kappa shape index (κ3) is 4.17. The molecular formula is C19H19N3O3. The number of nitrogens with one attached hydrogen (secondary N) is 2.